The van der Waals surface area contributed by atoms with Crippen LogP contribution in [0.3, 0.4) is 0 Å². The van der Waals surface area contributed by atoms with E-state index in [1.807, 2.05) is 0 Å². The number of hydrogen-bond acceptors (Lipinski definition) is 3. The average molecular weight is 148 g/mol. The molecule has 0 bridgehead atoms. The first-order valence-electron chi connectivity index (χ1n) is 1.73. The molecule has 0 fully saturated rings. The fourth-order valence-corrected chi connectivity index (χ4v) is 0. The normalized spacial score (nSPS) is 10.3. The minimum absolute atomic E-state index is 0. The molecule has 0 saturated heterocycles. The molecule has 0 unspecified atom stereocenters. The van der Waals surface area contributed by atoms with Gasteiger partial charge in [-0.15, -0.1) is 0 Å². The van der Waals surface area contributed by atoms with Gasteiger partial charge in [-0.05, 0) is 0 Å². The Morgan fingerprint density at radius 2 is 1.43 bits per heavy atom. The predicted octanol–water partition coefficient (Wildman–Crippen LogP) is -1.73. The number of rotatable bonds is 1. The molecule has 3 nitrogen and oxygen atoms in total. The molecular weight excluding hydrogens is 139 g/mol. The first kappa shape index (κ1) is 11.5. The third-order valence-electron chi connectivity index (χ3n) is 0.474. The summed E-state index contributed by atoms with van der Waals surface area (Å²) in [5.41, 5.74) is 0. The predicted molar refractivity (Wildman–Crippen MR) is 30.0 cm³/mol. The molecular formula is C2H9KO3Si. The van der Waals surface area contributed by atoms with E-state index in [4.69, 9.17) is 14.4 Å². The third-order valence-corrected chi connectivity index (χ3v) is 1.42. The molecule has 0 spiro atoms. The van der Waals surface area contributed by atoms with Crippen LogP contribution in [0.5, 0.6) is 0 Å². The molecule has 0 aromatic heterocycles. The van der Waals surface area contributed by atoms with Gasteiger partial charge in [0, 0.05) is 6.04 Å². The van der Waals surface area contributed by atoms with Crippen LogP contribution in [0.2, 0.25) is 6.04 Å². The van der Waals surface area contributed by atoms with E-state index in [-0.39, 0.29) is 57.4 Å². The maximum atomic E-state index is 8.08. The topological polar surface area (TPSA) is 60.7 Å². The van der Waals surface area contributed by atoms with E-state index in [0.717, 1.165) is 0 Å². The Morgan fingerprint density at radius 1 is 1.29 bits per heavy atom. The Labute approximate surface area is 86.2 Å². The van der Waals surface area contributed by atoms with Crippen LogP contribution < -0.4 is 0 Å². The zero-order chi connectivity index (χ0) is 5.21. The molecule has 0 heterocycles. The molecule has 0 rings (SSSR count). The van der Waals surface area contributed by atoms with Crippen molar-refractivity contribution in [2.45, 2.75) is 13.0 Å². The Bertz CT molecular complexity index is 42.7. The second kappa shape index (κ2) is 4.60. The van der Waals surface area contributed by atoms with Gasteiger partial charge in [0.2, 0.25) is 0 Å². The molecule has 0 atom stereocenters. The van der Waals surface area contributed by atoms with Gasteiger partial charge in [-0.2, -0.15) is 0 Å². The van der Waals surface area contributed by atoms with Gasteiger partial charge < -0.3 is 14.4 Å². The van der Waals surface area contributed by atoms with Crippen LogP contribution in [-0.2, 0) is 0 Å². The summed E-state index contributed by atoms with van der Waals surface area (Å²) >= 11 is 0. The van der Waals surface area contributed by atoms with E-state index < -0.39 is 8.80 Å². The minimum atomic E-state index is -3.63. The second-order valence-electron chi connectivity index (χ2n) is 1.13. The first-order chi connectivity index (χ1) is 2.56. The summed E-state index contributed by atoms with van der Waals surface area (Å²) < 4.78 is 0. The first-order valence-corrected chi connectivity index (χ1v) is 3.78. The second-order valence-corrected chi connectivity index (χ2v) is 3.38. The van der Waals surface area contributed by atoms with Crippen LogP contribution in [0.4, 0.5) is 0 Å². The molecule has 5 heteroatoms. The molecule has 3 N–H and O–H groups in total. The Hall–Kier alpha value is 1.73. The molecule has 0 aliphatic rings. The van der Waals surface area contributed by atoms with Crippen molar-refractivity contribution in [1.29, 1.82) is 0 Å². The van der Waals surface area contributed by atoms with E-state index in [2.05, 4.69) is 0 Å². The summed E-state index contributed by atoms with van der Waals surface area (Å²) in [5, 5.41) is 0. The Morgan fingerprint density at radius 3 is 1.43 bits per heavy atom. The van der Waals surface area contributed by atoms with Crippen molar-refractivity contribution in [3.05, 3.63) is 0 Å². The Balaban J connectivity index is 0. The quantitative estimate of drug-likeness (QED) is 0.387. The van der Waals surface area contributed by atoms with Crippen molar-refractivity contribution in [2.75, 3.05) is 0 Å². The van der Waals surface area contributed by atoms with E-state index >= 15 is 0 Å². The summed E-state index contributed by atoms with van der Waals surface area (Å²) in [6.07, 6.45) is 0. The summed E-state index contributed by atoms with van der Waals surface area (Å²) in [6, 6.07) is 0.0764. The summed E-state index contributed by atoms with van der Waals surface area (Å²) in [5.74, 6) is 0. The monoisotopic (exact) mass is 148 g/mol. The molecule has 0 aromatic carbocycles. The SMILES string of the molecule is CC[Si](O)(O)O.[KH]. The van der Waals surface area contributed by atoms with E-state index in [0.29, 0.717) is 0 Å². The van der Waals surface area contributed by atoms with Gasteiger partial charge in [-0.3, -0.25) is 0 Å². The molecule has 0 amide bonds. The zero-order valence-electron chi connectivity index (χ0n) is 3.55. The van der Waals surface area contributed by atoms with Gasteiger partial charge >= 0.3 is 60.2 Å². The van der Waals surface area contributed by atoms with Crippen molar-refractivity contribution in [2.24, 2.45) is 0 Å². The Kier molecular flexibility index (Phi) is 7.57. The van der Waals surface area contributed by atoms with E-state index in [1.54, 1.807) is 0 Å². The van der Waals surface area contributed by atoms with Gasteiger partial charge in [-0.1, -0.05) is 6.92 Å². The van der Waals surface area contributed by atoms with Crippen molar-refractivity contribution >= 4 is 60.2 Å². The van der Waals surface area contributed by atoms with Gasteiger partial charge in [-0.25, -0.2) is 0 Å². The van der Waals surface area contributed by atoms with E-state index in [9.17, 15) is 0 Å². The third kappa shape index (κ3) is 11.3. The fraction of sp³-hybridized carbons (Fsp3) is 1.00. The van der Waals surface area contributed by atoms with Crippen molar-refractivity contribution in [3.63, 3.8) is 0 Å². The van der Waals surface area contributed by atoms with Crippen LogP contribution in [-0.4, -0.2) is 74.6 Å². The van der Waals surface area contributed by atoms with Crippen molar-refractivity contribution in [3.8, 4) is 0 Å². The summed E-state index contributed by atoms with van der Waals surface area (Å²) in [6.45, 7) is 1.52. The van der Waals surface area contributed by atoms with Gasteiger partial charge in [0.05, 0.1) is 0 Å². The van der Waals surface area contributed by atoms with Crippen LogP contribution in [0.15, 0.2) is 0 Å². The molecule has 0 aliphatic heterocycles. The van der Waals surface area contributed by atoms with Crippen molar-refractivity contribution in [1.82, 2.24) is 0 Å². The molecule has 0 aliphatic carbocycles. The maximum absolute atomic E-state index is 8.08. The van der Waals surface area contributed by atoms with Crippen LogP contribution in [0.1, 0.15) is 6.92 Å². The van der Waals surface area contributed by atoms with Crippen LogP contribution in [0.25, 0.3) is 0 Å². The van der Waals surface area contributed by atoms with E-state index in [1.165, 1.54) is 6.92 Å². The van der Waals surface area contributed by atoms with Crippen LogP contribution >= 0.6 is 0 Å². The van der Waals surface area contributed by atoms with Gasteiger partial charge in [0.15, 0.2) is 0 Å². The molecule has 0 saturated carbocycles. The van der Waals surface area contributed by atoms with Crippen LogP contribution in [0, 0.1) is 0 Å². The number of hydrogen-bond donors (Lipinski definition) is 3. The molecule has 40 valence electrons. The van der Waals surface area contributed by atoms with Gasteiger partial charge in [0.25, 0.3) is 0 Å². The average Bonchev–Trinajstić information content (AvgIpc) is 1.35. The molecule has 0 aromatic rings. The standard InChI is InChI=1S/C2H8O3Si.K.H/c1-2-6(3,4)5;;/h3-5H,2H2,1H3;;. The summed E-state index contributed by atoms with van der Waals surface area (Å²) in [7, 11) is -3.63. The molecule has 7 heavy (non-hydrogen) atoms. The summed E-state index contributed by atoms with van der Waals surface area (Å²) in [4.78, 5) is 24.2. The molecule has 0 radical (unpaired) electrons. The van der Waals surface area contributed by atoms with Crippen molar-refractivity contribution < 1.29 is 14.4 Å². The van der Waals surface area contributed by atoms with Gasteiger partial charge in [0.1, 0.15) is 0 Å². The fourth-order valence-electron chi connectivity index (χ4n) is 0. The zero-order valence-corrected chi connectivity index (χ0v) is 4.55.